The van der Waals surface area contributed by atoms with Gasteiger partial charge in [0.05, 0.1) is 0 Å². The first-order valence-electron chi connectivity index (χ1n) is 13.5. The van der Waals surface area contributed by atoms with Gasteiger partial charge in [-0.05, 0) is 34.5 Å². The van der Waals surface area contributed by atoms with Crippen molar-refractivity contribution in [2.75, 3.05) is 0 Å². The number of allylic oxidation sites excluding steroid dienone is 6. The van der Waals surface area contributed by atoms with Gasteiger partial charge in [0.2, 0.25) is 0 Å². The summed E-state index contributed by atoms with van der Waals surface area (Å²) in [7, 11) is 0. The summed E-state index contributed by atoms with van der Waals surface area (Å²) in [4.78, 5) is 34.3. The third-order valence-electron chi connectivity index (χ3n) is 5.22. The van der Waals surface area contributed by atoms with Gasteiger partial charge < -0.3 is 15.3 Å². The van der Waals surface area contributed by atoms with E-state index in [4.69, 9.17) is 0 Å². The predicted molar refractivity (Wildman–Crippen MR) is 156 cm³/mol. The Bertz CT molecular complexity index is 801. The van der Waals surface area contributed by atoms with E-state index < -0.39 is 32.5 Å². The molecule has 0 aromatic carbocycles. The third-order valence-corrected chi connectivity index (χ3v) is 5.22. The van der Waals surface area contributed by atoms with Gasteiger partial charge in [-0.2, -0.15) is 0 Å². The zero-order valence-electron chi connectivity index (χ0n) is 28.4. The van der Waals surface area contributed by atoms with Crippen LogP contribution in [0.4, 0.5) is 0 Å². The minimum absolute atomic E-state index is 0. The molecule has 0 N–H and O–H groups in total. The fourth-order valence-electron chi connectivity index (χ4n) is 1.66. The SMILES string of the molecule is CC(C)(C)C(=O)C=C([O-])C(C)(C)C.CC(C)(C)C(=O)C=C([O-])C(C)(C)C.CC(C)(C)C(=O)C=C([O-])C(C)(C)C.[Lu+3]. The van der Waals surface area contributed by atoms with Gasteiger partial charge in [0, 0.05) is 16.2 Å². The summed E-state index contributed by atoms with van der Waals surface area (Å²) in [6.45, 7) is 32.5. The van der Waals surface area contributed by atoms with Crippen LogP contribution in [0.25, 0.3) is 0 Å². The molecule has 0 unspecified atom stereocenters. The number of hydrogen-bond donors (Lipinski definition) is 0. The third kappa shape index (κ3) is 21.6. The van der Waals surface area contributed by atoms with Gasteiger partial charge in [-0.25, -0.2) is 0 Å². The Morgan fingerprint density at radius 1 is 0.350 bits per heavy atom. The Morgan fingerprint density at radius 2 is 0.475 bits per heavy atom. The first-order chi connectivity index (χ1) is 16.6. The zero-order chi connectivity index (χ0) is 32.6. The predicted octanol–water partition coefficient (Wildman–Crippen LogP) is 5.68. The molecule has 0 saturated heterocycles. The van der Waals surface area contributed by atoms with Crippen LogP contribution in [0, 0.1) is 69.4 Å². The number of hydrogen-bond acceptors (Lipinski definition) is 6. The fraction of sp³-hybridized carbons (Fsp3) is 0.727. The Labute approximate surface area is 275 Å². The van der Waals surface area contributed by atoms with Crippen molar-refractivity contribution in [3.63, 3.8) is 0 Å². The van der Waals surface area contributed by atoms with Crippen molar-refractivity contribution in [3.8, 4) is 0 Å². The van der Waals surface area contributed by atoms with Crippen LogP contribution in [0.5, 0.6) is 0 Å². The molecule has 0 saturated carbocycles. The molecular formula is C33H57LuO6. The Hall–Kier alpha value is -1.14. The van der Waals surface area contributed by atoms with Crippen molar-refractivity contribution >= 4 is 17.3 Å². The van der Waals surface area contributed by atoms with Crippen LogP contribution < -0.4 is 15.3 Å². The summed E-state index contributed by atoms with van der Waals surface area (Å²) in [6, 6.07) is 0. The summed E-state index contributed by atoms with van der Waals surface area (Å²) in [5, 5.41) is 34.3. The van der Waals surface area contributed by atoms with Gasteiger partial charge in [-0.15, -0.1) is 17.3 Å². The molecule has 0 atom stereocenters. The molecule has 0 radical (unpaired) electrons. The Balaban J connectivity index is -0.000000240. The van der Waals surface area contributed by atoms with E-state index in [0.717, 1.165) is 0 Å². The Morgan fingerprint density at radius 3 is 0.550 bits per heavy atom. The molecular weight excluding hydrogens is 667 g/mol. The normalized spacial score (nSPS) is 14.1. The van der Waals surface area contributed by atoms with Crippen LogP contribution >= 0.6 is 0 Å². The molecule has 0 aliphatic heterocycles. The van der Waals surface area contributed by atoms with E-state index in [1.807, 2.05) is 125 Å². The molecule has 0 aromatic rings. The van der Waals surface area contributed by atoms with Crippen LogP contribution in [0.1, 0.15) is 125 Å². The molecule has 0 aliphatic carbocycles. The van der Waals surface area contributed by atoms with Gasteiger partial charge >= 0.3 is 36.9 Å². The molecule has 6 nitrogen and oxygen atoms in total. The topological polar surface area (TPSA) is 120 Å². The number of carbonyl (C=O) groups is 3. The second-order valence-electron chi connectivity index (χ2n) is 16.1. The van der Waals surface area contributed by atoms with Crippen molar-refractivity contribution < 1.29 is 66.6 Å². The maximum absolute atomic E-state index is 11.4. The first kappa shape index (κ1) is 45.8. The summed E-state index contributed by atoms with van der Waals surface area (Å²) in [5.74, 6) is -0.625. The second kappa shape index (κ2) is 16.5. The molecule has 240 valence electrons. The summed E-state index contributed by atoms with van der Waals surface area (Å²) in [6.07, 6.45) is 3.67. The number of ketones is 3. The summed E-state index contributed by atoms with van der Waals surface area (Å²) in [5.41, 5.74) is -2.74. The van der Waals surface area contributed by atoms with Crippen LogP contribution in [0.2, 0.25) is 0 Å². The van der Waals surface area contributed by atoms with Crippen LogP contribution in [0.15, 0.2) is 35.5 Å². The monoisotopic (exact) mass is 724 g/mol. The van der Waals surface area contributed by atoms with E-state index in [0.29, 0.717) is 0 Å². The first-order valence-corrected chi connectivity index (χ1v) is 13.5. The van der Waals surface area contributed by atoms with Crippen molar-refractivity contribution in [3.05, 3.63) is 35.5 Å². The van der Waals surface area contributed by atoms with Crippen molar-refractivity contribution in [2.24, 2.45) is 32.5 Å². The maximum Gasteiger partial charge on any atom is 3.00 e. The van der Waals surface area contributed by atoms with Crippen molar-refractivity contribution in [2.45, 2.75) is 125 Å². The minimum atomic E-state index is -0.457. The van der Waals surface area contributed by atoms with Crippen LogP contribution in [-0.4, -0.2) is 17.3 Å². The molecule has 0 aromatic heterocycles. The molecule has 0 fully saturated rings. The number of rotatable bonds is 3. The number of carbonyl (C=O) groups excluding carboxylic acids is 3. The molecule has 0 amide bonds. The summed E-state index contributed by atoms with van der Waals surface area (Å²) >= 11 is 0. The molecule has 7 heteroatoms. The second-order valence-corrected chi connectivity index (χ2v) is 16.1. The maximum atomic E-state index is 11.4. The van der Waals surface area contributed by atoms with Gasteiger partial charge in [-0.1, -0.05) is 125 Å². The molecule has 0 heterocycles. The Kier molecular flexibility index (Phi) is 18.9. The summed E-state index contributed by atoms with van der Waals surface area (Å²) < 4.78 is 0. The smallest absolute Gasteiger partial charge is 0.875 e. The van der Waals surface area contributed by atoms with Crippen LogP contribution in [0.3, 0.4) is 0 Å². The van der Waals surface area contributed by atoms with E-state index >= 15 is 0 Å². The van der Waals surface area contributed by atoms with Gasteiger partial charge in [-0.3, -0.25) is 14.4 Å². The minimum Gasteiger partial charge on any atom is -0.875 e. The molecule has 40 heavy (non-hydrogen) atoms. The fourth-order valence-corrected chi connectivity index (χ4v) is 1.66. The average molecular weight is 725 g/mol. The zero-order valence-corrected chi connectivity index (χ0v) is 30.1. The quantitative estimate of drug-likeness (QED) is 0.273. The van der Waals surface area contributed by atoms with E-state index in [2.05, 4.69) is 0 Å². The average Bonchev–Trinajstić information content (AvgIpc) is 2.64. The van der Waals surface area contributed by atoms with Gasteiger partial charge in [0.15, 0.2) is 17.3 Å². The standard InChI is InChI=1S/3C11H20O2.Lu/c3*1-10(2,3)8(12)7-9(13)11(4,5)6;/h3*7,12H,1-6H3;/q;;;+3/p-3. The van der Waals surface area contributed by atoms with E-state index in [9.17, 15) is 29.7 Å². The molecule has 0 aliphatic rings. The van der Waals surface area contributed by atoms with E-state index in [-0.39, 0.29) is 71.5 Å². The molecule has 0 bridgehead atoms. The van der Waals surface area contributed by atoms with Crippen LogP contribution in [-0.2, 0) is 14.4 Å². The van der Waals surface area contributed by atoms with Gasteiger partial charge in [0.1, 0.15) is 0 Å². The molecule has 0 rings (SSSR count). The van der Waals surface area contributed by atoms with Gasteiger partial charge in [0.25, 0.3) is 0 Å². The largest absolute Gasteiger partial charge is 3.00 e. The van der Waals surface area contributed by atoms with E-state index in [1.54, 1.807) is 0 Å². The molecule has 0 spiro atoms. The van der Waals surface area contributed by atoms with E-state index in [1.165, 1.54) is 18.2 Å². The van der Waals surface area contributed by atoms with Crippen molar-refractivity contribution in [1.29, 1.82) is 0 Å². The van der Waals surface area contributed by atoms with Crippen molar-refractivity contribution in [1.82, 2.24) is 0 Å².